The van der Waals surface area contributed by atoms with E-state index < -0.39 is 0 Å². The number of nitrogens with zero attached hydrogens (tertiary/aromatic N) is 3. The van der Waals surface area contributed by atoms with Crippen LogP contribution in [0.5, 0.6) is 0 Å². The van der Waals surface area contributed by atoms with Crippen LogP contribution >= 0.6 is 0 Å². The van der Waals surface area contributed by atoms with Gasteiger partial charge in [-0.1, -0.05) is 24.6 Å². The number of nitrogens with one attached hydrogen (secondary N) is 1. The second-order valence-electron chi connectivity index (χ2n) is 7.26. The summed E-state index contributed by atoms with van der Waals surface area (Å²) in [5.41, 5.74) is 3.00. The molecule has 1 saturated heterocycles. The zero-order chi connectivity index (χ0) is 19.2. The maximum absolute atomic E-state index is 12.8. The van der Waals surface area contributed by atoms with Crippen molar-refractivity contribution in [1.29, 1.82) is 0 Å². The molecule has 6 nitrogen and oxygen atoms in total. The molecule has 0 radical (unpaired) electrons. The Kier molecular flexibility index (Phi) is 6.50. The van der Waals surface area contributed by atoms with Crippen molar-refractivity contribution in [2.75, 3.05) is 25.0 Å². The van der Waals surface area contributed by atoms with Gasteiger partial charge in [-0.2, -0.15) is 5.10 Å². The van der Waals surface area contributed by atoms with Crippen LogP contribution in [0.3, 0.4) is 0 Å². The summed E-state index contributed by atoms with van der Waals surface area (Å²) in [7, 11) is 0. The van der Waals surface area contributed by atoms with E-state index in [0.29, 0.717) is 5.82 Å². The van der Waals surface area contributed by atoms with Crippen molar-refractivity contribution < 1.29 is 9.53 Å². The molecule has 0 bridgehead atoms. The number of benzene rings is 1. The number of anilines is 1. The van der Waals surface area contributed by atoms with Crippen molar-refractivity contribution in [2.24, 2.45) is 0 Å². The minimum Gasteiger partial charge on any atom is -0.378 e. The number of aromatic nitrogens is 2. The van der Waals surface area contributed by atoms with Gasteiger partial charge in [0.05, 0.1) is 17.5 Å². The van der Waals surface area contributed by atoms with Crippen LogP contribution in [-0.4, -0.2) is 46.5 Å². The molecular weight excluding hydrogens is 340 g/mol. The number of hydrogen-bond acceptors (Lipinski definition) is 3. The van der Waals surface area contributed by atoms with Crippen molar-refractivity contribution in [2.45, 2.75) is 52.6 Å². The van der Waals surface area contributed by atoms with E-state index in [1.807, 2.05) is 42.2 Å². The van der Waals surface area contributed by atoms with Gasteiger partial charge in [-0.25, -0.2) is 9.48 Å². The first kappa shape index (κ1) is 19.4. The van der Waals surface area contributed by atoms with Crippen LogP contribution < -0.4 is 5.32 Å². The zero-order valence-electron chi connectivity index (χ0n) is 16.6. The maximum Gasteiger partial charge on any atom is 0.323 e. The van der Waals surface area contributed by atoms with Gasteiger partial charge < -0.3 is 9.64 Å². The first-order valence-corrected chi connectivity index (χ1v) is 9.88. The van der Waals surface area contributed by atoms with Crippen LogP contribution in [0.1, 0.15) is 43.9 Å². The van der Waals surface area contributed by atoms with Crippen molar-refractivity contribution in [3.63, 3.8) is 0 Å². The van der Waals surface area contributed by atoms with Crippen molar-refractivity contribution >= 4 is 11.8 Å². The van der Waals surface area contributed by atoms with E-state index in [4.69, 9.17) is 4.74 Å². The Balaban J connectivity index is 1.67. The molecule has 0 unspecified atom stereocenters. The van der Waals surface area contributed by atoms with Crippen molar-refractivity contribution in [1.82, 2.24) is 14.7 Å². The highest BCUT2D eigenvalue weighted by atomic mass is 16.5. The van der Waals surface area contributed by atoms with Gasteiger partial charge in [-0.05, 0) is 51.7 Å². The molecule has 0 aliphatic carbocycles. The van der Waals surface area contributed by atoms with Gasteiger partial charge in [0.1, 0.15) is 5.82 Å². The average Bonchev–Trinajstić information content (AvgIpc) is 2.87. The van der Waals surface area contributed by atoms with E-state index in [1.54, 1.807) is 4.68 Å². The summed E-state index contributed by atoms with van der Waals surface area (Å²) in [5, 5.41) is 7.58. The van der Waals surface area contributed by atoms with Crippen LogP contribution in [0.4, 0.5) is 10.6 Å². The summed E-state index contributed by atoms with van der Waals surface area (Å²) < 4.78 is 7.67. The van der Waals surface area contributed by atoms with E-state index in [9.17, 15) is 4.79 Å². The van der Waals surface area contributed by atoms with Gasteiger partial charge in [0.15, 0.2) is 0 Å². The van der Waals surface area contributed by atoms with E-state index >= 15 is 0 Å². The predicted octanol–water partition coefficient (Wildman–Crippen LogP) is 4.30. The lowest BCUT2D eigenvalue weighted by molar-refractivity contribution is 0.0446. The fraction of sp³-hybridized carbons (Fsp3) is 0.524. The number of ether oxygens (including phenoxy) is 1. The zero-order valence-corrected chi connectivity index (χ0v) is 16.6. The topological polar surface area (TPSA) is 59.4 Å². The number of carbonyl (C=O) groups is 1. The Bertz CT molecular complexity index is 754. The second kappa shape index (κ2) is 9.04. The SMILES string of the molecule is CCCO[C@H]1CCCN(C(=O)Nc2cc(C)nn2-c2ccc(C)cc2)CC1. The highest BCUT2D eigenvalue weighted by Gasteiger charge is 2.22. The number of urea groups is 1. The molecule has 1 atom stereocenters. The summed E-state index contributed by atoms with van der Waals surface area (Å²) in [6, 6.07) is 9.95. The molecular formula is C21H30N4O2. The highest BCUT2D eigenvalue weighted by Crippen LogP contribution is 2.20. The molecule has 3 rings (SSSR count). The van der Waals surface area contributed by atoms with Crippen LogP contribution in [0.15, 0.2) is 30.3 Å². The number of amides is 2. The first-order chi connectivity index (χ1) is 13.1. The van der Waals surface area contributed by atoms with Gasteiger partial charge in [-0.3, -0.25) is 5.32 Å². The highest BCUT2D eigenvalue weighted by molar-refractivity contribution is 5.88. The molecule has 1 aromatic heterocycles. The summed E-state index contributed by atoms with van der Waals surface area (Å²) in [6.45, 7) is 8.38. The Morgan fingerprint density at radius 3 is 2.74 bits per heavy atom. The van der Waals surface area contributed by atoms with E-state index in [-0.39, 0.29) is 12.1 Å². The predicted molar refractivity (Wildman–Crippen MR) is 108 cm³/mol. The number of rotatable bonds is 5. The summed E-state index contributed by atoms with van der Waals surface area (Å²) in [6.07, 6.45) is 4.18. The minimum atomic E-state index is -0.0700. The molecule has 1 aromatic carbocycles. The summed E-state index contributed by atoms with van der Waals surface area (Å²) in [5.74, 6) is 0.699. The van der Waals surface area contributed by atoms with Gasteiger partial charge >= 0.3 is 6.03 Å². The molecule has 1 aliphatic heterocycles. The van der Waals surface area contributed by atoms with E-state index in [0.717, 1.165) is 56.8 Å². The van der Waals surface area contributed by atoms with Gasteiger partial charge in [-0.15, -0.1) is 0 Å². The molecule has 0 saturated carbocycles. The Morgan fingerprint density at radius 2 is 2.00 bits per heavy atom. The van der Waals surface area contributed by atoms with Crippen molar-refractivity contribution in [3.05, 3.63) is 41.6 Å². The molecule has 1 N–H and O–H groups in total. The summed E-state index contributed by atoms with van der Waals surface area (Å²) >= 11 is 0. The minimum absolute atomic E-state index is 0.0700. The maximum atomic E-state index is 12.8. The van der Waals surface area contributed by atoms with Crippen LogP contribution in [-0.2, 0) is 4.74 Å². The van der Waals surface area contributed by atoms with E-state index in [1.165, 1.54) is 5.56 Å². The standard InChI is InChI=1S/C21H30N4O2/c1-4-14-27-19-6-5-12-24(13-11-19)21(26)22-20-15-17(3)23-25(20)18-9-7-16(2)8-10-18/h7-10,15,19H,4-6,11-14H2,1-3H3,(H,22,26)/t19-/m0/s1. The first-order valence-electron chi connectivity index (χ1n) is 9.88. The van der Waals surface area contributed by atoms with Gasteiger partial charge in [0.25, 0.3) is 0 Å². The smallest absolute Gasteiger partial charge is 0.323 e. The molecule has 6 heteroatoms. The quantitative estimate of drug-likeness (QED) is 0.853. The number of carbonyl (C=O) groups excluding carboxylic acids is 1. The van der Waals surface area contributed by atoms with Gasteiger partial charge in [0, 0.05) is 25.8 Å². The summed E-state index contributed by atoms with van der Waals surface area (Å²) in [4.78, 5) is 14.7. The molecule has 2 amide bonds. The molecule has 2 aromatic rings. The molecule has 1 aliphatic rings. The lowest BCUT2D eigenvalue weighted by Gasteiger charge is -2.21. The molecule has 146 valence electrons. The molecule has 2 heterocycles. The monoisotopic (exact) mass is 370 g/mol. The lowest BCUT2D eigenvalue weighted by Crippen LogP contribution is -2.36. The number of likely N-dealkylation sites (tertiary alicyclic amines) is 1. The number of hydrogen-bond donors (Lipinski definition) is 1. The number of aryl methyl sites for hydroxylation is 2. The van der Waals surface area contributed by atoms with Crippen LogP contribution in [0, 0.1) is 13.8 Å². The average molecular weight is 370 g/mol. The molecule has 27 heavy (non-hydrogen) atoms. The third-order valence-corrected chi connectivity index (χ3v) is 4.87. The lowest BCUT2D eigenvalue weighted by atomic mass is 10.2. The third kappa shape index (κ3) is 5.10. The second-order valence-corrected chi connectivity index (χ2v) is 7.26. The Labute approximate surface area is 161 Å². The Hall–Kier alpha value is -2.34. The molecule has 0 spiro atoms. The Morgan fingerprint density at radius 1 is 1.22 bits per heavy atom. The molecule has 1 fully saturated rings. The third-order valence-electron chi connectivity index (χ3n) is 4.87. The fourth-order valence-electron chi connectivity index (χ4n) is 3.38. The van der Waals surface area contributed by atoms with Crippen molar-refractivity contribution in [3.8, 4) is 5.69 Å². The van der Waals surface area contributed by atoms with Crippen LogP contribution in [0.2, 0.25) is 0 Å². The van der Waals surface area contributed by atoms with Gasteiger partial charge in [0.2, 0.25) is 0 Å². The van der Waals surface area contributed by atoms with E-state index in [2.05, 4.69) is 24.3 Å². The fourth-order valence-corrected chi connectivity index (χ4v) is 3.38. The normalized spacial score (nSPS) is 17.6. The van der Waals surface area contributed by atoms with Crippen LogP contribution in [0.25, 0.3) is 5.69 Å². The largest absolute Gasteiger partial charge is 0.378 e.